The van der Waals surface area contributed by atoms with Crippen molar-refractivity contribution in [2.24, 2.45) is 17.8 Å². The Morgan fingerprint density at radius 3 is 2.38 bits per heavy atom. The van der Waals surface area contributed by atoms with Gasteiger partial charge in [-0.2, -0.15) is 0 Å². The van der Waals surface area contributed by atoms with Gasteiger partial charge in [0.2, 0.25) is 0 Å². The van der Waals surface area contributed by atoms with E-state index in [4.69, 9.17) is 4.74 Å². The molecule has 4 aliphatic carbocycles. The molecule has 1 aromatic rings. The van der Waals surface area contributed by atoms with Gasteiger partial charge in [0.1, 0.15) is 5.60 Å². The van der Waals surface area contributed by atoms with E-state index in [0.717, 1.165) is 31.7 Å². The molecule has 142 valence electrons. The topological polar surface area (TPSA) is 50.4 Å². The number of benzene rings is 1. The maximum atomic E-state index is 12.4. The summed E-state index contributed by atoms with van der Waals surface area (Å²) in [5.74, 6) is 2.09. The minimum atomic E-state index is -0.438. The fourth-order valence-electron chi connectivity index (χ4n) is 5.86. The number of alkyl carbamates (subject to hydrolysis) is 1. The van der Waals surface area contributed by atoms with Gasteiger partial charge in [-0.3, -0.25) is 0 Å². The van der Waals surface area contributed by atoms with Crippen molar-refractivity contribution < 1.29 is 9.53 Å². The summed E-state index contributed by atoms with van der Waals surface area (Å²) in [5, 5.41) is 7.13. The van der Waals surface area contributed by atoms with Gasteiger partial charge in [0.25, 0.3) is 0 Å². The van der Waals surface area contributed by atoms with Crippen LogP contribution < -0.4 is 10.6 Å². The maximum Gasteiger partial charge on any atom is 0.408 e. The first-order valence-corrected chi connectivity index (χ1v) is 10.1. The molecule has 1 amide bonds. The highest BCUT2D eigenvalue weighted by Crippen LogP contribution is 2.55. The lowest BCUT2D eigenvalue weighted by Crippen LogP contribution is -2.66. The molecule has 4 saturated carbocycles. The van der Waals surface area contributed by atoms with Crippen molar-refractivity contribution in [3.63, 3.8) is 0 Å². The highest BCUT2D eigenvalue weighted by atomic mass is 16.6. The largest absolute Gasteiger partial charge is 0.444 e. The zero-order valence-corrected chi connectivity index (χ0v) is 16.3. The van der Waals surface area contributed by atoms with E-state index in [9.17, 15) is 4.79 Å². The van der Waals surface area contributed by atoms with E-state index in [0.29, 0.717) is 17.9 Å². The normalized spacial score (nSPS) is 35.3. The smallest absolute Gasteiger partial charge is 0.408 e. The van der Waals surface area contributed by atoms with Gasteiger partial charge in [-0.05, 0) is 76.2 Å². The van der Waals surface area contributed by atoms with Crippen LogP contribution in [0, 0.1) is 17.8 Å². The fraction of sp³-hybridized carbons (Fsp3) is 0.682. The molecule has 0 saturated heterocycles. The first-order chi connectivity index (χ1) is 12.3. The minimum absolute atomic E-state index is 0.0379. The molecule has 0 heterocycles. The number of carbonyl (C=O) groups excluding carboxylic acids is 1. The lowest BCUT2D eigenvalue weighted by Gasteiger charge is -2.60. The van der Waals surface area contributed by atoms with E-state index < -0.39 is 5.60 Å². The van der Waals surface area contributed by atoms with Crippen LogP contribution in [0.2, 0.25) is 0 Å². The first kappa shape index (κ1) is 17.8. The molecule has 4 heteroatoms. The third-order valence-corrected chi connectivity index (χ3v) is 6.42. The molecule has 4 fully saturated rings. The monoisotopic (exact) mass is 356 g/mol. The second-order valence-corrected chi connectivity index (χ2v) is 9.77. The van der Waals surface area contributed by atoms with Crippen LogP contribution in [0.5, 0.6) is 0 Å². The van der Waals surface area contributed by atoms with Crippen molar-refractivity contribution in [2.45, 2.75) is 76.6 Å². The summed E-state index contributed by atoms with van der Waals surface area (Å²) in [6.07, 6.45) is 5.68. The van der Waals surface area contributed by atoms with Crippen molar-refractivity contribution >= 4 is 6.09 Å². The van der Waals surface area contributed by atoms with Crippen molar-refractivity contribution in [3.05, 3.63) is 35.9 Å². The highest BCUT2D eigenvalue weighted by molar-refractivity contribution is 5.69. The maximum absolute atomic E-state index is 12.4. The minimum Gasteiger partial charge on any atom is -0.444 e. The van der Waals surface area contributed by atoms with Crippen LogP contribution in [-0.4, -0.2) is 23.3 Å². The molecule has 2 N–H and O–H groups in total. The second-order valence-electron chi connectivity index (χ2n) is 9.77. The van der Waals surface area contributed by atoms with E-state index in [2.05, 4.69) is 41.0 Å². The summed E-state index contributed by atoms with van der Waals surface area (Å²) in [4.78, 5) is 12.4. The molecule has 3 unspecified atom stereocenters. The van der Waals surface area contributed by atoms with Gasteiger partial charge in [0.05, 0.1) is 0 Å². The summed E-state index contributed by atoms with van der Waals surface area (Å²) < 4.78 is 5.54. The average Bonchev–Trinajstić information content (AvgIpc) is 2.52. The lowest BCUT2D eigenvalue weighted by atomic mass is 9.51. The van der Waals surface area contributed by atoms with Gasteiger partial charge in [-0.25, -0.2) is 4.79 Å². The summed E-state index contributed by atoms with van der Waals surface area (Å²) in [6.45, 7) is 6.72. The molecular weight excluding hydrogens is 324 g/mol. The first-order valence-electron chi connectivity index (χ1n) is 10.1. The van der Waals surface area contributed by atoms with Gasteiger partial charge in [-0.15, -0.1) is 0 Å². The molecular formula is C22H32N2O2. The quantitative estimate of drug-likeness (QED) is 0.848. The fourth-order valence-corrected chi connectivity index (χ4v) is 5.86. The van der Waals surface area contributed by atoms with E-state index in [1.807, 2.05) is 20.8 Å². The van der Waals surface area contributed by atoms with Crippen molar-refractivity contribution in [1.29, 1.82) is 0 Å². The van der Waals surface area contributed by atoms with Crippen molar-refractivity contribution in [1.82, 2.24) is 10.6 Å². The third kappa shape index (κ3) is 3.75. The second kappa shape index (κ2) is 6.56. The predicted octanol–water partition coefficient (Wildman–Crippen LogP) is 4.25. The molecule has 0 aromatic heterocycles. The average molecular weight is 357 g/mol. The molecule has 5 atom stereocenters. The molecule has 0 spiro atoms. The standard InChI is InChI=1S/C22H32N2O2/c1-21(2,3)26-20(25)24-22-11-16-9-17(12-22)19(18(10-16)13-22)23-14-15-7-5-4-6-8-15/h4-8,16-19,23H,9-14H2,1-3H3,(H,24,25)/t16?,17-,18+,19?,22?. The van der Waals surface area contributed by atoms with Crippen LogP contribution in [0.4, 0.5) is 4.79 Å². The van der Waals surface area contributed by atoms with Crippen molar-refractivity contribution in [3.8, 4) is 0 Å². The Labute approximate surface area is 157 Å². The lowest BCUT2D eigenvalue weighted by molar-refractivity contribution is -0.0500. The number of rotatable bonds is 4. The summed E-state index contributed by atoms with van der Waals surface area (Å²) in [7, 11) is 0. The predicted molar refractivity (Wildman–Crippen MR) is 103 cm³/mol. The molecule has 4 nitrogen and oxygen atoms in total. The van der Waals surface area contributed by atoms with E-state index >= 15 is 0 Å². The molecule has 4 aliphatic rings. The van der Waals surface area contributed by atoms with Gasteiger partial charge in [-0.1, -0.05) is 30.3 Å². The Bertz CT molecular complexity index is 636. The number of carbonyl (C=O) groups is 1. The molecule has 0 radical (unpaired) electrons. The van der Waals surface area contributed by atoms with E-state index in [-0.39, 0.29) is 11.6 Å². The molecule has 5 rings (SSSR count). The van der Waals surface area contributed by atoms with Crippen LogP contribution in [0.3, 0.4) is 0 Å². The summed E-state index contributed by atoms with van der Waals surface area (Å²) in [5.41, 5.74) is 0.874. The van der Waals surface area contributed by atoms with Crippen molar-refractivity contribution in [2.75, 3.05) is 0 Å². The summed E-state index contributed by atoms with van der Waals surface area (Å²) in [6, 6.07) is 11.2. The van der Waals surface area contributed by atoms with Crippen LogP contribution in [0.25, 0.3) is 0 Å². The Morgan fingerprint density at radius 2 is 1.77 bits per heavy atom. The molecule has 1 aromatic carbocycles. The Morgan fingerprint density at radius 1 is 1.12 bits per heavy atom. The Kier molecular flexibility index (Phi) is 4.50. The van der Waals surface area contributed by atoms with Gasteiger partial charge in [0.15, 0.2) is 0 Å². The van der Waals surface area contributed by atoms with Crippen LogP contribution in [0.1, 0.15) is 58.4 Å². The van der Waals surface area contributed by atoms with Gasteiger partial charge >= 0.3 is 6.09 Å². The van der Waals surface area contributed by atoms with E-state index in [1.54, 1.807) is 0 Å². The highest BCUT2D eigenvalue weighted by Gasteiger charge is 2.56. The van der Waals surface area contributed by atoms with E-state index in [1.165, 1.54) is 18.4 Å². The Hall–Kier alpha value is -1.55. The zero-order valence-electron chi connectivity index (χ0n) is 16.3. The number of hydrogen-bond donors (Lipinski definition) is 2. The van der Waals surface area contributed by atoms with Gasteiger partial charge in [0, 0.05) is 18.1 Å². The summed E-state index contributed by atoms with van der Waals surface area (Å²) >= 11 is 0. The van der Waals surface area contributed by atoms with Crippen LogP contribution in [0.15, 0.2) is 30.3 Å². The molecule has 26 heavy (non-hydrogen) atoms. The Balaban J connectivity index is 1.40. The number of nitrogens with one attached hydrogen (secondary N) is 2. The van der Waals surface area contributed by atoms with Gasteiger partial charge < -0.3 is 15.4 Å². The number of hydrogen-bond acceptors (Lipinski definition) is 3. The van der Waals surface area contributed by atoms with Crippen LogP contribution >= 0.6 is 0 Å². The molecule has 0 aliphatic heterocycles. The number of amides is 1. The number of ether oxygens (including phenoxy) is 1. The molecule has 4 bridgehead atoms. The zero-order chi connectivity index (χ0) is 18.4. The SMILES string of the molecule is CC(C)(C)OC(=O)NC12CC3C[C@H](C1)C(NCc1ccccc1)[C@@H](C3)C2. The van der Waals surface area contributed by atoms with Crippen LogP contribution in [-0.2, 0) is 11.3 Å². The third-order valence-electron chi connectivity index (χ3n) is 6.42.